The number of aryl methyl sites for hydroxylation is 2. The molecular weight excluding hydrogens is 632 g/mol. The van der Waals surface area contributed by atoms with Crippen molar-refractivity contribution in [3.05, 3.63) is 74.2 Å². The minimum Gasteiger partial charge on any atom is -0.470 e. The molecule has 1 aromatic carbocycles. The van der Waals surface area contributed by atoms with Crippen LogP contribution in [0.25, 0.3) is 21.3 Å². The number of primary amides is 1. The SMILES string of the molecule is Cc1nn(C)cc1-c1cc(C(F)F)nc2sc(C(N)=O)c(NC(=O)c3ccn(COc4ccc(Cl)cc4Br)n3)c12. The van der Waals surface area contributed by atoms with Crippen LogP contribution in [0.4, 0.5) is 14.5 Å². The molecule has 5 rings (SSSR count). The van der Waals surface area contributed by atoms with E-state index in [4.69, 9.17) is 22.1 Å². The number of pyridine rings is 1. The lowest BCUT2D eigenvalue weighted by atomic mass is 10.0. The van der Waals surface area contributed by atoms with E-state index in [1.807, 2.05) is 0 Å². The second kappa shape index (κ2) is 10.9. The first-order valence-corrected chi connectivity index (χ1v) is 13.5. The maximum absolute atomic E-state index is 13.7. The molecule has 3 N–H and O–H groups in total. The average molecular weight is 651 g/mol. The second-order valence-corrected chi connectivity index (χ2v) is 10.9. The number of hydrogen-bond donors (Lipinski definition) is 2. The Morgan fingerprint density at radius 2 is 2.00 bits per heavy atom. The molecule has 0 saturated heterocycles. The number of halogens is 4. The fraction of sp³-hybridized carbons (Fsp3) is 0.160. The number of anilines is 1. The number of carbonyl (C=O) groups excluding carboxylic acids is 2. The van der Waals surface area contributed by atoms with Crippen LogP contribution in [0.2, 0.25) is 5.02 Å². The van der Waals surface area contributed by atoms with E-state index in [0.29, 0.717) is 37.5 Å². The van der Waals surface area contributed by atoms with Crippen molar-refractivity contribution in [3.63, 3.8) is 0 Å². The molecule has 0 bridgehead atoms. The van der Waals surface area contributed by atoms with Gasteiger partial charge in [-0.1, -0.05) is 11.6 Å². The Morgan fingerprint density at radius 3 is 2.65 bits per heavy atom. The molecule has 0 aliphatic carbocycles. The maximum Gasteiger partial charge on any atom is 0.280 e. The van der Waals surface area contributed by atoms with Gasteiger partial charge in [0.2, 0.25) is 0 Å². The lowest BCUT2D eigenvalue weighted by Crippen LogP contribution is -2.18. The normalized spacial score (nSPS) is 11.4. The minimum atomic E-state index is -2.86. The number of alkyl halides is 2. The van der Waals surface area contributed by atoms with Crippen LogP contribution in [0.15, 0.2) is 47.2 Å². The van der Waals surface area contributed by atoms with E-state index in [2.05, 4.69) is 36.4 Å². The highest BCUT2D eigenvalue weighted by Gasteiger charge is 2.26. The van der Waals surface area contributed by atoms with Gasteiger partial charge in [-0.15, -0.1) is 11.3 Å². The summed E-state index contributed by atoms with van der Waals surface area (Å²) in [6.45, 7) is 1.72. The van der Waals surface area contributed by atoms with E-state index >= 15 is 0 Å². The number of rotatable bonds is 8. The number of thiophene rings is 1. The summed E-state index contributed by atoms with van der Waals surface area (Å²) in [4.78, 5) is 29.7. The lowest BCUT2D eigenvalue weighted by Gasteiger charge is -2.10. The maximum atomic E-state index is 13.7. The van der Waals surface area contributed by atoms with Gasteiger partial charge in [-0.2, -0.15) is 10.2 Å². The summed E-state index contributed by atoms with van der Waals surface area (Å²) in [5.74, 6) is -0.978. The predicted octanol–water partition coefficient (Wildman–Crippen LogP) is 5.94. The lowest BCUT2D eigenvalue weighted by molar-refractivity contribution is 0.100. The third-order valence-corrected chi connectivity index (χ3v) is 7.74. The van der Waals surface area contributed by atoms with Crippen LogP contribution in [0.5, 0.6) is 5.75 Å². The molecular formula is C25H19BrClF2N7O3S. The second-order valence-electron chi connectivity index (χ2n) is 8.59. The van der Waals surface area contributed by atoms with Crippen LogP contribution in [0, 0.1) is 6.92 Å². The number of hydrogen-bond acceptors (Lipinski definition) is 7. The Bertz CT molecular complexity index is 1790. The molecule has 0 spiro atoms. The fourth-order valence-electron chi connectivity index (χ4n) is 4.06. The van der Waals surface area contributed by atoms with Crippen molar-refractivity contribution < 1.29 is 23.1 Å². The van der Waals surface area contributed by atoms with Crippen molar-refractivity contribution in [2.45, 2.75) is 20.1 Å². The largest absolute Gasteiger partial charge is 0.470 e. The molecule has 0 radical (unpaired) electrons. The zero-order valence-corrected chi connectivity index (χ0v) is 23.9. The Morgan fingerprint density at radius 1 is 1.23 bits per heavy atom. The van der Waals surface area contributed by atoms with Crippen LogP contribution in [-0.4, -0.2) is 36.4 Å². The van der Waals surface area contributed by atoms with E-state index in [1.165, 1.54) is 21.5 Å². The highest BCUT2D eigenvalue weighted by atomic mass is 79.9. The molecule has 0 fully saturated rings. The Hall–Kier alpha value is -3.88. The van der Waals surface area contributed by atoms with Crippen LogP contribution >= 0.6 is 38.9 Å². The fourth-order valence-corrected chi connectivity index (χ4v) is 5.87. The number of aromatic nitrogens is 5. The third kappa shape index (κ3) is 5.42. The van der Waals surface area contributed by atoms with E-state index in [0.717, 1.165) is 11.3 Å². The van der Waals surface area contributed by atoms with E-state index in [1.54, 1.807) is 44.6 Å². The molecule has 4 aromatic heterocycles. The quantitative estimate of drug-likeness (QED) is 0.214. The Kier molecular flexibility index (Phi) is 7.57. The highest BCUT2D eigenvalue weighted by Crippen LogP contribution is 2.43. The van der Waals surface area contributed by atoms with Gasteiger partial charge in [0.1, 0.15) is 21.2 Å². The average Bonchev–Trinajstić information content (AvgIpc) is 3.60. The first-order valence-electron chi connectivity index (χ1n) is 11.5. The van der Waals surface area contributed by atoms with Crippen molar-refractivity contribution in [1.29, 1.82) is 0 Å². The van der Waals surface area contributed by atoms with E-state index in [-0.39, 0.29) is 27.8 Å². The topological polar surface area (TPSA) is 130 Å². The third-order valence-electron chi connectivity index (χ3n) is 5.79. The van der Waals surface area contributed by atoms with E-state index in [9.17, 15) is 18.4 Å². The van der Waals surface area contributed by atoms with Gasteiger partial charge in [0.25, 0.3) is 18.2 Å². The summed E-state index contributed by atoms with van der Waals surface area (Å²) in [6.07, 6.45) is 0.338. The summed E-state index contributed by atoms with van der Waals surface area (Å²) >= 11 is 10.1. The summed E-state index contributed by atoms with van der Waals surface area (Å²) in [6, 6.07) is 7.73. The van der Waals surface area contributed by atoms with Crippen molar-refractivity contribution in [2.24, 2.45) is 12.8 Å². The van der Waals surface area contributed by atoms with Crippen molar-refractivity contribution in [2.75, 3.05) is 5.32 Å². The molecule has 5 aromatic rings. The highest BCUT2D eigenvalue weighted by molar-refractivity contribution is 9.10. The molecule has 2 amide bonds. The molecule has 0 aliphatic rings. The Balaban J connectivity index is 1.50. The smallest absolute Gasteiger partial charge is 0.280 e. The summed E-state index contributed by atoms with van der Waals surface area (Å²) in [7, 11) is 1.69. The molecule has 15 heteroatoms. The first kappa shape index (κ1) is 27.7. The van der Waals surface area contributed by atoms with Crippen LogP contribution < -0.4 is 15.8 Å². The summed E-state index contributed by atoms with van der Waals surface area (Å²) in [5, 5.41) is 12.1. The van der Waals surface area contributed by atoms with Gasteiger partial charge in [0.05, 0.1) is 15.9 Å². The van der Waals surface area contributed by atoms with Gasteiger partial charge >= 0.3 is 0 Å². The number of nitrogens with zero attached hydrogens (tertiary/aromatic N) is 5. The number of nitrogens with two attached hydrogens (primary N) is 1. The molecule has 0 atom stereocenters. The van der Waals surface area contributed by atoms with Gasteiger partial charge in [0.15, 0.2) is 12.4 Å². The van der Waals surface area contributed by atoms with Crippen LogP contribution in [0.1, 0.15) is 38.0 Å². The van der Waals surface area contributed by atoms with Crippen molar-refractivity contribution in [3.8, 4) is 16.9 Å². The van der Waals surface area contributed by atoms with Gasteiger partial charge in [-0.05, 0) is 58.7 Å². The summed E-state index contributed by atoms with van der Waals surface area (Å²) in [5.41, 5.74) is 6.64. The number of fused-ring (bicyclic) bond motifs is 1. The first-order chi connectivity index (χ1) is 19.0. The van der Waals surface area contributed by atoms with Crippen LogP contribution in [0.3, 0.4) is 0 Å². The van der Waals surface area contributed by atoms with Gasteiger partial charge in [-0.3, -0.25) is 14.3 Å². The molecule has 40 heavy (non-hydrogen) atoms. The zero-order valence-electron chi connectivity index (χ0n) is 20.8. The molecule has 4 heterocycles. The predicted molar refractivity (Wildman–Crippen MR) is 150 cm³/mol. The van der Waals surface area contributed by atoms with Gasteiger partial charge in [-0.25, -0.2) is 18.4 Å². The van der Waals surface area contributed by atoms with Crippen molar-refractivity contribution >= 4 is 66.6 Å². The standard InChI is InChI=1S/C25H19BrClF2N7O3S/c1-11-14(9-35(2)33-11)13-8-17(22(28)29)31-25-19(13)20(21(40-25)23(30)37)32-24(38)16-5-6-36(34-16)10-39-18-4-3-12(27)7-15(18)26/h3-9,22H,10H2,1-2H3,(H2,30,37)(H,32,38). The number of amides is 2. The van der Waals surface area contributed by atoms with Crippen LogP contribution in [-0.2, 0) is 13.8 Å². The summed E-state index contributed by atoms with van der Waals surface area (Å²) < 4.78 is 36.8. The molecule has 10 nitrogen and oxygen atoms in total. The molecule has 0 unspecified atom stereocenters. The van der Waals surface area contributed by atoms with Gasteiger partial charge in [0, 0.05) is 35.4 Å². The zero-order chi connectivity index (χ0) is 28.7. The minimum absolute atomic E-state index is 0.00775. The molecule has 0 saturated carbocycles. The molecule has 206 valence electrons. The van der Waals surface area contributed by atoms with E-state index < -0.39 is 23.9 Å². The number of ether oxygens (including phenoxy) is 1. The Labute approximate surface area is 242 Å². The molecule has 0 aliphatic heterocycles. The van der Waals surface area contributed by atoms with Crippen molar-refractivity contribution in [1.82, 2.24) is 24.5 Å². The monoisotopic (exact) mass is 649 g/mol. The van der Waals surface area contributed by atoms with Gasteiger partial charge < -0.3 is 15.8 Å². The number of benzene rings is 1. The number of nitrogens with one attached hydrogen (secondary N) is 1. The number of carbonyl (C=O) groups is 2.